The second-order valence-corrected chi connectivity index (χ2v) is 3.93. The summed E-state index contributed by atoms with van der Waals surface area (Å²) < 4.78 is 4.97. The third-order valence-corrected chi connectivity index (χ3v) is 2.85. The van der Waals surface area contributed by atoms with Gasteiger partial charge < -0.3 is 4.74 Å². The quantitative estimate of drug-likeness (QED) is 0.726. The topological polar surface area (TPSA) is 50.1 Å². The molecule has 2 atom stereocenters. The average molecular weight is 215 g/mol. The van der Waals surface area contributed by atoms with Crippen molar-refractivity contribution in [2.45, 2.75) is 19.3 Å². The molecule has 16 heavy (non-hydrogen) atoms. The third-order valence-electron chi connectivity index (χ3n) is 2.85. The summed E-state index contributed by atoms with van der Waals surface area (Å²) in [6.45, 7) is 2.26. The molecule has 1 aliphatic rings. The molecular formula is C13H13NO2. The van der Waals surface area contributed by atoms with E-state index in [1.165, 1.54) is 0 Å². The molecule has 0 aliphatic heterocycles. The Morgan fingerprint density at radius 3 is 2.75 bits per heavy atom. The molecule has 0 spiro atoms. The Bertz CT molecular complexity index is 430. The maximum Gasteiger partial charge on any atom is 0.309 e. The van der Waals surface area contributed by atoms with Gasteiger partial charge in [0, 0.05) is 0 Å². The molecule has 0 radical (unpaired) electrons. The fourth-order valence-corrected chi connectivity index (χ4v) is 1.88. The summed E-state index contributed by atoms with van der Waals surface area (Å²) >= 11 is 0. The molecule has 0 amide bonds. The minimum Gasteiger partial charge on any atom is -0.466 e. The van der Waals surface area contributed by atoms with Crippen LogP contribution in [0.5, 0.6) is 0 Å². The molecule has 82 valence electrons. The first-order valence-electron chi connectivity index (χ1n) is 5.43. The van der Waals surface area contributed by atoms with Crippen LogP contribution in [0.3, 0.4) is 0 Å². The van der Waals surface area contributed by atoms with Gasteiger partial charge in [-0.3, -0.25) is 4.79 Å². The highest BCUT2D eigenvalue weighted by atomic mass is 16.5. The van der Waals surface area contributed by atoms with Crippen LogP contribution >= 0.6 is 0 Å². The molecule has 1 aromatic carbocycles. The molecule has 0 N–H and O–H groups in total. The highest BCUT2D eigenvalue weighted by Crippen LogP contribution is 2.48. The molecule has 1 saturated carbocycles. The zero-order valence-corrected chi connectivity index (χ0v) is 9.14. The Hall–Kier alpha value is -1.82. The van der Waals surface area contributed by atoms with Gasteiger partial charge in [0.1, 0.15) is 0 Å². The SMILES string of the molecule is CCOC(=O)[C@H]1C[C@H]1c1ccc(C#N)cc1. The van der Waals surface area contributed by atoms with Crippen molar-refractivity contribution in [2.75, 3.05) is 6.61 Å². The van der Waals surface area contributed by atoms with E-state index in [2.05, 4.69) is 6.07 Å². The predicted octanol–water partition coefficient (Wildman–Crippen LogP) is 2.22. The van der Waals surface area contributed by atoms with Gasteiger partial charge in [-0.05, 0) is 37.0 Å². The predicted molar refractivity (Wildman–Crippen MR) is 58.6 cm³/mol. The minimum atomic E-state index is -0.100. The number of rotatable bonds is 3. The largest absolute Gasteiger partial charge is 0.466 e. The molecule has 3 heteroatoms. The van der Waals surface area contributed by atoms with E-state index in [0.717, 1.165) is 12.0 Å². The molecule has 1 aliphatic carbocycles. The van der Waals surface area contributed by atoms with E-state index in [9.17, 15) is 4.79 Å². The number of hydrogen-bond donors (Lipinski definition) is 0. The van der Waals surface area contributed by atoms with E-state index >= 15 is 0 Å². The van der Waals surface area contributed by atoms with E-state index in [1.54, 1.807) is 12.1 Å². The summed E-state index contributed by atoms with van der Waals surface area (Å²) in [4.78, 5) is 11.4. The van der Waals surface area contributed by atoms with Crippen molar-refractivity contribution in [1.29, 1.82) is 5.26 Å². The van der Waals surface area contributed by atoms with Crippen molar-refractivity contribution in [3.63, 3.8) is 0 Å². The number of nitriles is 1. The minimum absolute atomic E-state index is 0.0212. The molecule has 1 fully saturated rings. The standard InChI is InChI=1S/C13H13NO2/c1-2-16-13(15)12-7-11(12)10-5-3-9(8-14)4-6-10/h3-6,11-12H,2,7H2,1H3/t11-,12-/m0/s1. The first-order valence-corrected chi connectivity index (χ1v) is 5.43. The van der Waals surface area contributed by atoms with Crippen LogP contribution in [-0.4, -0.2) is 12.6 Å². The zero-order chi connectivity index (χ0) is 11.5. The van der Waals surface area contributed by atoms with E-state index in [0.29, 0.717) is 12.2 Å². The lowest BCUT2D eigenvalue weighted by atomic mass is 10.1. The van der Waals surface area contributed by atoms with E-state index < -0.39 is 0 Å². The lowest BCUT2D eigenvalue weighted by Gasteiger charge is -2.01. The van der Waals surface area contributed by atoms with Crippen LogP contribution in [-0.2, 0) is 9.53 Å². The lowest BCUT2D eigenvalue weighted by molar-refractivity contribution is -0.144. The van der Waals surface area contributed by atoms with Gasteiger partial charge in [-0.2, -0.15) is 5.26 Å². The number of carbonyl (C=O) groups excluding carboxylic acids is 1. The van der Waals surface area contributed by atoms with Gasteiger partial charge in [0.2, 0.25) is 0 Å². The van der Waals surface area contributed by atoms with Crippen molar-refractivity contribution in [3.8, 4) is 6.07 Å². The number of hydrogen-bond acceptors (Lipinski definition) is 3. The van der Waals surface area contributed by atoms with Crippen LogP contribution in [0.25, 0.3) is 0 Å². The summed E-state index contributed by atoms with van der Waals surface area (Å²) in [5.41, 5.74) is 1.77. The van der Waals surface area contributed by atoms with Gasteiger partial charge in [0.25, 0.3) is 0 Å². The van der Waals surface area contributed by atoms with Crippen molar-refractivity contribution < 1.29 is 9.53 Å². The second-order valence-electron chi connectivity index (χ2n) is 3.93. The van der Waals surface area contributed by atoms with Gasteiger partial charge in [-0.25, -0.2) is 0 Å². The molecule has 3 nitrogen and oxygen atoms in total. The molecule has 0 heterocycles. The highest BCUT2D eigenvalue weighted by molar-refractivity contribution is 5.77. The van der Waals surface area contributed by atoms with Gasteiger partial charge in [-0.1, -0.05) is 12.1 Å². The van der Waals surface area contributed by atoms with E-state index in [1.807, 2.05) is 19.1 Å². The van der Waals surface area contributed by atoms with Crippen LogP contribution in [0.2, 0.25) is 0 Å². The van der Waals surface area contributed by atoms with E-state index in [4.69, 9.17) is 10.00 Å². The number of nitrogens with zero attached hydrogens (tertiary/aromatic N) is 1. The first-order chi connectivity index (χ1) is 7.76. The smallest absolute Gasteiger partial charge is 0.309 e. The molecule has 2 rings (SSSR count). The van der Waals surface area contributed by atoms with Crippen molar-refractivity contribution in [2.24, 2.45) is 5.92 Å². The Kier molecular flexibility index (Phi) is 2.91. The first kappa shape index (κ1) is 10.7. The average Bonchev–Trinajstić information content (AvgIpc) is 3.09. The second kappa shape index (κ2) is 4.36. The van der Waals surface area contributed by atoms with Crippen molar-refractivity contribution in [3.05, 3.63) is 35.4 Å². The maximum absolute atomic E-state index is 11.4. The Balaban J connectivity index is 2.01. The summed E-state index contributed by atoms with van der Waals surface area (Å²) in [5.74, 6) is 0.205. The zero-order valence-electron chi connectivity index (χ0n) is 9.14. The number of carbonyl (C=O) groups is 1. The lowest BCUT2D eigenvalue weighted by Crippen LogP contribution is -2.07. The monoisotopic (exact) mass is 215 g/mol. The maximum atomic E-state index is 11.4. The fourth-order valence-electron chi connectivity index (χ4n) is 1.88. The molecule has 0 bridgehead atoms. The number of ether oxygens (including phenoxy) is 1. The Morgan fingerprint density at radius 1 is 1.50 bits per heavy atom. The molecule has 0 saturated heterocycles. The summed E-state index contributed by atoms with van der Waals surface area (Å²) in [7, 11) is 0. The third kappa shape index (κ3) is 2.06. The van der Waals surface area contributed by atoms with Crippen LogP contribution in [0, 0.1) is 17.2 Å². The molecular weight excluding hydrogens is 202 g/mol. The van der Waals surface area contributed by atoms with Gasteiger partial charge in [0.05, 0.1) is 24.2 Å². The highest BCUT2D eigenvalue weighted by Gasteiger charge is 2.44. The number of benzene rings is 1. The summed E-state index contributed by atoms with van der Waals surface area (Å²) in [6, 6.07) is 9.49. The van der Waals surface area contributed by atoms with Crippen LogP contribution in [0.1, 0.15) is 30.4 Å². The van der Waals surface area contributed by atoms with Gasteiger partial charge in [0.15, 0.2) is 0 Å². The normalized spacial score (nSPS) is 22.2. The van der Waals surface area contributed by atoms with Crippen LogP contribution in [0.15, 0.2) is 24.3 Å². The summed E-state index contributed by atoms with van der Waals surface area (Å²) in [5, 5.41) is 8.67. The Morgan fingerprint density at radius 2 is 2.19 bits per heavy atom. The number of esters is 1. The molecule has 0 aromatic heterocycles. The van der Waals surface area contributed by atoms with Gasteiger partial charge in [-0.15, -0.1) is 0 Å². The van der Waals surface area contributed by atoms with Crippen molar-refractivity contribution >= 4 is 5.97 Å². The van der Waals surface area contributed by atoms with Gasteiger partial charge >= 0.3 is 5.97 Å². The molecule has 0 unspecified atom stereocenters. The van der Waals surface area contributed by atoms with E-state index in [-0.39, 0.29) is 17.8 Å². The molecule has 1 aromatic rings. The Labute approximate surface area is 94.6 Å². The fraction of sp³-hybridized carbons (Fsp3) is 0.385. The van der Waals surface area contributed by atoms with Crippen molar-refractivity contribution in [1.82, 2.24) is 0 Å². The van der Waals surface area contributed by atoms with Crippen LogP contribution in [0.4, 0.5) is 0 Å². The summed E-state index contributed by atoms with van der Waals surface area (Å²) in [6.07, 6.45) is 0.866. The van der Waals surface area contributed by atoms with Crippen LogP contribution < -0.4 is 0 Å².